The molecule has 8 nitrogen and oxygen atoms in total. The lowest BCUT2D eigenvalue weighted by Gasteiger charge is -2.31. The van der Waals surface area contributed by atoms with Gasteiger partial charge in [0.1, 0.15) is 16.9 Å². The Labute approximate surface area is 186 Å². The van der Waals surface area contributed by atoms with E-state index < -0.39 is 0 Å². The molecule has 0 radical (unpaired) electrons. The van der Waals surface area contributed by atoms with Crippen molar-refractivity contribution in [1.82, 2.24) is 24.8 Å². The summed E-state index contributed by atoms with van der Waals surface area (Å²) >= 11 is 1.15. The number of likely N-dealkylation sites (tertiary alicyclic amines) is 1. The van der Waals surface area contributed by atoms with Gasteiger partial charge in [-0.25, -0.2) is 9.50 Å². The minimum Gasteiger partial charge on any atom is -0.338 e. The average Bonchev–Trinajstić information content (AvgIpc) is 3.18. The van der Waals surface area contributed by atoms with Gasteiger partial charge in [0.2, 0.25) is 0 Å². The zero-order valence-corrected chi connectivity index (χ0v) is 18.7. The molecule has 1 aliphatic rings. The number of fused-ring (bicyclic) bond motifs is 1. The summed E-state index contributed by atoms with van der Waals surface area (Å²) in [6.45, 7) is 4.71. The van der Waals surface area contributed by atoms with Crippen LogP contribution in [0.15, 0.2) is 42.9 Å². The van der Waals surface area contributed by atoms with E-state index >= 15 is 0 Å². The van der Waals surface area contributed by atoms with Gasteiger partial charge in [-0.3, -0.25) is 15.7 Å². The summed E-state index contributed by atoms with van der Waals surface area (Å²) in [5, 5.41) is 27.7. The van der Waals surface area contributed by atoms with Crippen molar-refractivity contribution in [2.45, 2.75) is 32.4 Å². The maximum atomic E-state index is 8.20. The molecule has 9 heteroatoms. The Bertz CT molecular complexity index is 1080. The van der Waals surface area contributed by atoms with Crippen molar-refractivity contribution in [3.8, 4) is 0 Å². The molecule has 0 bridgehead atoms. The maximum Gasteiger partial charge on any atom is 0.158 e. The summed E-state index contributed by atoms with van der Waals surface area (Å²) in [5.74, 6) is 0.750. The normalized spacial score (nSPS) is 15.3. The van der Waals surface area contributed by atoms with E-state index in [1.807, 2.05) is 42.0 Å². The van der Waals surface area contributed by atoms with Crippen molar-refractivity contribution in [2.24, 2.45) is 0 Å². The van der Waals surface area contributed by atoms with Crippen LogP contribution in [-0.4, -0.2) is 55.8 Å². The zero-order valence-electron chi connectivity index (χ0n) is 17.9. The van der Waals surface area contributed by atoms with E-state index in [4.69, 9.17) is 10.8 Å². The van der Waals surface area contributed by atoms with E-state index in [9.17, 15) is 0 Å². The van der Waals surface area contributed by atoms with Crippen molar-refractivity contribution in [1.29, 1.82) is 10.8 Å². The third-order valence-electron chi connectivity index (χ3n) is 5.57. The summed E-state index contributed by atoms with van der Waals surface area (Å²) in [5.41, 5.74) is 3.80. The van der Waals surface area contributed by atoms with Gasteiger partial charge in [0, 0.05) is 30.0 Å². The van der Waals surface area contributed by atoms with E-state index in [0.717, 1.165) is 66.8 Å². The second-order valence-corrected chi connectivity index (χ2v) is 9.00. The van der Waals surface area contributed by atoms with Gasteiger partial charge in [0.15, 0.2) is 5.82 Å². The van der Waals surface area contributed by atoms with Crippen LogP contribution >= 0.6 is 11.8 Å². The molecule has 3 heterocycles. The molecule has 0 atom stereocenters. The Hall–Kier alpha value is -2.75. The van der Waals surface area contributed by atoms with Gasteiger partial charge in [-0.15, -0.1) is 0 Å². The molecule has 0 amide bonds. The molecule has 0 spiro atoms. The number of nitrogens with zero attached hydrogens (tertiary/aromatic N) is 4. The Morgan fingerprint density at radius 3 is 2.77 bits per heavy atom. The summed E-state index contributed by atoms with van der Waals surface area (Å²) in [6.07, 6.45) is 5.86. The van der Waals surface area contributed by atoms with Crippen molar-refractivity contribution in [3.05, 3.63) is 54.0 Å². The fourth-order valence-electron chi connectivity index (χ4n) is 3.94. The number of nitrogens with one attached hydrogen (secondary N) is 4. The molecule has 0 saturated carbocycles. The molecule has 1 saturated heterocycles. The van der Waals surface area contributed by atoms with Gasteiger partial charge >= 0.3 is 0 Å². The number of rotatable bonds is 6. The highest BCUT2D eigenvalue weighted by molar-refractivity contribution is 8.26. The highest BCUT2D eigenvalue weighted by Gasteiger charge is 2.20. The molecule has 0 unspecified atom stereocenters. The first-order valence-electron chi connectivity index (χ1n) is 10.4. The molecule has 4 N–H and O–H groups in total. The smallest absolute Gasteiger partial charge is 0.158 e. The molecular formula is C22H28N8S. The topological polar surface area (TPSA) is 105 Å². The van der Waals surface area contributed by atoms with E-state index in [0.29, 0.717) is 16.1 Å². The second-order valence-electron chi connectivity index (χ2n) is 7.78. The van der Waals surface area contributed by atoms with Crippen LogP contribution in [0.2, 0.25) is 0 Å². The van der Waals surface area contributed by atoms with Crippen LogP contribution in [0.1, 0.15) is 30.9 Å². The average molecular weight is 437 g/mol. The van der Waals surface area contributed by atoms with Crippen molar-refractivity contribution in [2.75, 3.05) is 25.5 Å². The molecule has 0 aliphatic carbocycles. The number of anilines is 2. The first kappa shape index (κ1) is 21.5. The van der Waals surface area contributed by atoms with Crippen LogP contribution in [0.5, 0.6) is 0 Å². The Morgan fingerprint density at radius 1 is 1.23 bits per heavy atom. The minimum atomic E-state index is 0.359. The lowest BCUT2D eigenvalue weighted by Crippen LogP contribution is -2.40. The lowest BCUT2D eigenvalue weighted by atomic mass is 10.0. The van der Waals surface area contributed by atoms with E-state index in [2.05, 4.69) is 31.7 Å². The molecule has 31 heavy (non-hydrogen) atoms. The van der Waals surface area contributed by atoms with E-state index in [1.54, 1.807) is 13.3 Å². The predicted octanol–water partition coefficient (Wildman–Crippen LogP) is 3.71. The van der Waals surface area contributed by atoms with Gasteiger partial charge in [0.05, 0.1) is 5.04 Å². The fraction of sp³-hybridized carbons (Fsp3) is 0.364. The van der Waals surface area contributed by atoms with Gasteiger partial charge in [-0.1, -0.05) is 23.9 Å². The number of thioether (sulfide) groups is 1. The van der Waals surface area contributed by atoms with Crippen LogP contribution < -0.4 is 10.6 Å². The molecule has 3 aromatic rings. The third-order valence-corrected chi connectivity index (χ3v) is 6.32. The van der Waals surface area contributed by atoms with Crippen LogP contribution in [-0.2, 0) is 6.54 Å². The van der Waals surface area contributed by atoms with Crippen LogP contribution in [0.25, 0.3) is 5.52 Å². The number of hydrogen-bond donors (Lipinski definition) is 4. The number of piperidine rings is 1. The number of hydrogen-bond acceptors (Lipinski definition) is 8. The molecule has 1 fully saturated rings. The molecule has 162 valence electrons. The highest BCUT2D eigenvalue weighted by atomic mass is 32.2. The van der Waals surface area contributed by atoms with Gasteiger partial charge in [-0.05, 0) is 63.7 Å². The van der Waals surface area contributed by atoms with Gasteiger partial charge in [-0.2, -0.15) is 5.10 Å². The molecule has 1 aromatic carbocycles. The molecule has 1 aliphatic heterocycles. The van der Waals surface area contributed by atoms with Crippen LogP contribution in [0, 0.1) is 10.8 Å². The Balaban J connectivity index is 1.56. The standard InChI is InChI=1S/C22H28N8S/c1-15(23)31-21(24)16-4-3-5-19(12-16)28-22-20-17(6-11-30(20)27-14-26-22)13-29-9-7-18(25-2)8-10-29/h3-6,11-12,14,18,23-25H,7-10,13H2,1-2H3,(H,26,27,28). The van der Waals surface area contributed by atoms with Crippen LogP contribution in [0.4, 0.5) is 11.5 Å². The van der Waals surface area contributed by atoms with Crippen molar-refractivity contribution in [3.63, 3.8) is 0 Å². The molecular weight excluding hydrogens is 408 g/mol. The summed E-state index contributed by atoms with van der Waals surface area (Å²) < 4.78 is 1.87. The fourth-order valence-corrected chi connectivity index (χ4v) is 4.50. The first-order valence-corrected chi connectivity index (χ1v) is 11.2. The molecule has 2 aromatic heterocycles. The largest absolute Gasteiger partial charge is 0.338 e. The summed E-state index contributed by atoms with van der Waals surface area (Å²) in [7, 11) is 2.04. The second kappa shape index (κ2) is 9.59. The number of benzene rings is 1. The summed E-state index contributed by atoms with van der Waals surface area (Å²) in [6, 6.07) is 10.4. The minimum absolute atomic E-state index is 0.359. The van der Waals surface area contributed by atoms with E-state index in [-0.39, 0.29) is 0 Å². The lowest BCUT2D eigenvalue weighted by molar-refractivity contribution is 0.195. The van der Waals surface area contributed by atoms with Crippen LogP contribution in [0.3, 0.4) is 0 Å². The third kappa shape index (κ3) is 5.12. The zero-order chi connectivity index (χ0) is 21.8. The summed E-state index contributed by atoms with van der Waals surface area (Å²) in [4.78, 5) is 7.00. The Morgan fingerprint density at radius 2 is 2.03 bits per heavy atom. The molecule has 4 rings (SSSR count). The maximum absolute atomic E-state index is 8.20. The van der Waals surface area contributed by atoms with Crippen molar-refractivity contribution < 1.29 is 0 Å². The predicted molar refractivity (Wildman–Crippen MR) is 128 cm³/mol. The quantitative estimate of drug-likeness (QED) is 0.347. The Kier molecular flexibility index (Phi) is 6.64. The van der Waals surface area contributed by atoms with Gasteiger partial charge < -0.3 is 10.6 Å². The SMILES string of the molecule is CNC1CCN(Cc2ccn3ncnc(Nc4cccc(C(=N)SC(C)=N)c4)c23)CC1. The monoisotopic (exact) mass is 436 g/mol. The van der Waals surface area contributed by atoms with Crippen molar-refractivity contribution >= 4 is 38.9 Å². The highest BCUT2D eigenvalue weighted by Crippen LogP contribution is 2.26. The number of aromatic nitrogens is 3. The van der Waals surface area contributed by atoms with Gasteiger partial charge in [0.25, 0.3) is 0 Å². The first-order chi connectivity index (χ1) is 15.0. The van der Waals surface area contributed by atoms with E-state index in [1.165, 1.54) is 5.56 Å².